The lowest BCUT2D eigenvalue weighted by Gasteiger charge is -2.10. The predicted molar refractivity (Wildman–Crippen MR) is 67.2 cm³/mol. The number of benzene rings is 1. The Morgan fingerprint density at radius 1 is 1.25 bits per heavy atom. The van der Waals surface area contributed by atoms with Gasteiger partial charge in [-0.25, -0.2) is 9.97 Å². The third-order valence-corrected chi connectivity index (χ3v) is 2.38. The van der Waals surface area contributed by atoms with Gasteiger partial charge in [0.15, 0.2) is 0 Å². The van der Waals surface area contributed by atoms with Crippen molar-refractivity contribution in [2.75, 3.05) is 5.32 Å². The number of hydrogen-bond donors (Lipinski definition) is 1. The molecule has 0 amide bonds. The van der Waals surface area contributed by atoms with E-state index in [4.69, 9.17) is 0 Å². The van der Waals surface area contributed by atoms with E-state index in [-0.39, 0.29) is 5.75 Å². The number of halogens is 3. The van der Waals surface area contributed by atoms with Crippen molar-refractivity contribution in [2.45, 2.75) is 19.8 Å². The summed E-state index contributed by atoms with van der Waals surface area (Å²) < 4.78 is 40.2. The van der Waals surface area contributed by atoms with Crippen LogP contribution in [0.5, 0.6) is 5.75 Å². The molecule has 2 rings (SSSR count). The number of alkyl halides is 3. The van der Waals surface area contributed by atoms with E-state index < -0.39 is 6.36 Å². The monoisotopic (exact) mass is 283 g/mol. The molecule has 0 saturated heterocycles. The van der Waals surface area contributed by atoms with Gasteiger partial charge in [-0.15, -0.1) is 13.2 Å². The standard InChI is InChI=1S/C13H12F3N3O/c1-9-5-6-17-12(19-9)18-8-10-3-2-4-11(7-10)20-13(14,15)16/h2-7H,8H2,1H3,(H,17,18,19). The van der Waals surface area contributed by atoms with Gasteiger partial charge in [-0.1, -0.05) is 12.1 Å². The van der Waals surface area contributed by atoms with E-state index in [9.17, 15) is 13.2 Å². The summed E-state index contributed by atoms with van der Waals surface area (Å²) in [5.41, 5.74) is 1.44. The van der Waals surface area contributed by atoms with Gasteiger partial charge in [0, 0.05) is 18.4 Å². The second-order valence-electron chi connectivity index (χ2n) is 4.07. The molecule has 2 aromatic rings. The van der Waals surface area contributed by atoms with Crippen LogP contribution in [0.1, 0.15) is 11.3 Å². The normalized spacial score (nSPS) is 11.2. The number of nitrogens with zero attached hydrogens (tertiary/aromatic N) is 2. The second-order valence-corrected chi connectivity index (χ2v) is 4.07. The quantitative estimate of drug-likeness (QED) is 0.935. The molecule has 0 unspecified atom stereocenters. The Bertz CT molecular complexity index is 587. The summed E-state index contributed by atoms with van der Waals surface area (Å²) in [4.78, 5) is 8.14. The minimum Gasteiger partial charge on any atom is -0.406 e. The Balaban J connectivity index is 2.01. The van der Waals surface area contributed by atoms with Crippen molar-refractivity contribution in [3.8, 4) is 5.75 Å². The molecule has 0 atom stereocenters. The van der Waals surface area contributed by atoms with E-state index in [1.807, 2.05) is 6.92 Å². The van der Waals surface area contributed by atoms with Crippen molar-refractivity contribution < 1.29 is 17.9 Å². The van der Waals surface area contributed by atoms with E-state index in [1.165, 1.54) is 18.2 Å². The first kappa shape index (κ1) is 14.1. The molecule has 4 nitrogen and oxygen atoms in total. The topological polar surface area (TPSA) is 47.0 Å². The van der Waals surface area contributed by atoms with Gasteiger partial charge in [0.25, 0.3) is 0 Å². The van der Waals surface area contributed by atoms with Gasteiger partial charge in [0.1, 0.15) is 5.75 Å². The maximum Gasteiger partial charge on any atom is 0.573 e. The third-order valence-electron chi connectivity index (χ3n) is 2.38. The molecule has 0 bridgehead atoms. The van der Waals surface area contributed by atoms with E-state index >= 15 is 0 Å². The van der Waals surface area contributed by atoms with E-state index in [1.54, 1.807) is 18.3 Å². The smallest absolute Gasteiger partial charge is 0.406 e. The molecular formula is C13H12F3N3O. The summed E-state index contributed by atoms with van der Waals surface area (Å²) in [7, 11) is 0. The molecular weight excluding hydrogens is 271 g/mol. The van der Waals surface area contributed by atoms with E-state index in [0.717, 1.165) is 5.69 Å². The first-order valence-electron chi connectivity index (χ1n) is 5.80. The Morgan fingerprint density at radius 3 is 2.75 bits per heavy atom. The van der Waals surface area contributed by atoms with Gasteiger partial charge in [-0.2, -0.15) is 0 Å². The summed E-state index contributed by atoms with van der Waals surface area (Å²) in [5.74, 6) is 0.175. The molecule has 0 saturated carbocycles. The highest BCUT2D eigenvalue weighted by Gasteiger charge is 2.31. The molecule has 106 valence electrons. The summed E-state index contributed by atoms with van der Waals surface area (Å²) in [5, 5.41) is 2.93. The van der Waals surface area contributed by atoms with Gasteiger partial charge in [-0.05, 0) is 30.7 Å². The average molecular weight is 283 g/mol. The molecule has 0 radical (unpaired) electrons. The average Bonchev–Trinajstić information content (AvgIpc) is 2.35. The minimum absolute atomic E-state index is 0.248. The largest absolute Gasteiger partial charge is 0.573 e. The van der Waals surface area contributed by atoms with Crippen LogP contribution < -0.4 is 10.1 Å². The number of rotatable bonds is 4. The third kappa shape index (κ3) is 4.42. The van der Waals surface area contributed by atoms with Crippen LogP contribution in [0.4, 0.5) is 19.1 Å². The first-order chi connectivity index (χ1) is 9.42. The Labute approximate surface area is 113 Å². The summed E-state index contributed by atoms with van der Waals surface area (Å²) >= 11 is 0. The Kier molecular flexibility index (Phi) is 4.07. The summed E-state index contributed by atoms with van der Waals surface area (Å²) in [6.45, 7) is 2.13. The van der Waals surface area contributed by atoms with Crippen LogP contribution in [-0.4, -0.2) is 16.3 Å². The maximum absolute atomic E-state index is 12.1. The van der Waals surface area contributed by atoms with Crippen molar-refractivity contribution in [1.82, 2.24) is 9.97 Å². The number of aryl methyl sites for hydroxylation is 1. The van der Waals surface area contributed by atoms with Crippen molar-refractivity contribution in [1.29, 1.82) is 0 Å². The highest BCUT2D eigenvalue weighted by Crippen LogP contribution is 2.23. The molecule has 7 heteroatoms. The zero-order valence-electron chi connectivity index (χ0n) is 10.6. The lowest BCUT2D eigenvalue weighted by Crippen LogP contribution is -2.17. The van der Waals surface area contributed by atoms with Crippen LogP contribution in [0.3, 0.4) is 0 Å². The molecule has 1 aromatic heterocycles. The van der Waals surface area contributed by atoms with Crippen molar-refractivity contribution >= 4 is 5.95 Å². The minimum atomic E-state index is -4.69. The second kappa shape index (κ2) is 5.77. The fraction of sp³-hybridized carbons (Fsp3) is 0.231. The zero-order valence-corrected chi connectivity index (χ0v) is 10.6. The molecule has 1 N–H and O–H groups in total. The number of ether oxygens (including phenoxy) is 1. The van der Waals surface area contributed by atoms with Gasteiger partial charge in [-0.3, -0.25) is 0 Å². The Morgan fingerprint density at radius 2 is 2.05 bits per heavy atom. The van der Waals surface area contributed by atoms with Gasteiger partial charge < -0.3 is 10.1 Å². The number of anilines is 1. The molecule has 0 aliphatic rings. The van der Waals surface area contributed by atoms with Crippen molar-refractivity contribution in [3.05, 3.63) is 47.8 Å². The molecule has 1 aromatic carbocycles. The number of hydrogen-bond acceptors (Lipinski definition) is 4. The van der Waals surface area contributed by atoms with Crippen LogP contribution in [0.25, 0.3) is 0 Å². The molecule has 20 heavy (non-hydrogen) atoms. The van der Waals surface area contributed by atoms with Gasteiger partial charge in [0.05, 0.1) is 0 Å². The Hall–Kier alpha value is -2.31. The van der Waals surface area contributed by atoms with E-state index in [0.29, 0.717) is 18.1 Å². The molecule has 0 aliphatic heterocycles. The zero-order chi connectivity index (χ0) is 14.6. The van der Waals surface area contributed by atoms with Crippen molar-refractivity contribution in [3.63, 3.8) is 0 Å². The lowest BCUT2D eigenvalue weighted by molar-refractivity contribution is -0.274. The fourth-order valence-electron chi connectivity index (χ4n) is 1.57. The molecule has 1 heterocycles. The number of nitrogens with one attached hydrogen (secondary N) is 1. The maximum atomic E-state index is 12.1. The van der Waals surface area contributed by atoms with Gasteiger partial charge >= 0.3 is 6.36 Å². The SMILES string of the molecule is Cc1ccnc(NCc2cccc(OC(F)(F)F)c2)n1. The molecule has 0 spiro atoms. The summed E-state index contributed by atoms with van der Waals surface area (Å²) in [6, 6.07) is 7.50. The highest BCUT2D eigenvalue weighted by atomic mass is 19.4. The lowest BCUT2D eigenvalue weighted by atomic mass is 10.2. The predicted octanol–water partition coefficient (Wildman–Crippen LogP) is 3.30. The van der Waals surface area contributed by atoms with Gasteiger partial charge in [0.2, 0.25) is 5.95 Å². The van der Waals surface area contributed by atoms with Crippen LogP contribution in [0.15, 0.2) is 36.5 Å². The van der Waals surface area contributed by atoms with Crippen LogP contribution in [-0.2, 0) is 6.54 Å². The highest BCUT2D eigenvalue weighted by molar-refractivity contribution is 5.32. The van der Waals surface area contributed by atoms with Crippen LogP contribution >= 0.6 is 0 Å². The van der Waals surface area contributed by atoms with Crippen molar-refractivity contribution in [2.24, 2.45) is 0 Å². The molecule has 0 aliphatic carbocycles. The van der Waals surface area contributed by atoms with E-state index in [2.05, 4.69) is 20.0 Å². The molecule has 0 fully saturated rings. The first-order valence-corrected chi connectivity index (χ1v) is 5.80. The number of aromatic nitrogens is 2. The van der Waals surface area contributed by atoms with Crippen LogP contribution in [0.2, 0.25) is 0 Å². The summed E-state index contributed by atoms with van der Waals surface area (Å²) in [6.07, 6.45) is -3.08. The fourth-order valence-corrected chi connectivity index (χ4v) is 1.57. The van der Waals surface area contributed by atoms with Crippen LogP contribution in [0, 0.1) is 6.92 Å².